The molecule has 0 aliphatic carbocycles. The van der Waals surface area contributed by atoms with Crippen molar-refractivity contribution in [2.24, 2.45) is 5.92 Å². The highest BCUT2D eigenvalue weighted by molar-refractivity contribution is 9.09. The molecule has 0 saturated carbocycles. The number of carbonyl (C=O) groups is 1. The summed E-state index contributed by atoms with van der Waals surface area (Å²) in [6.45, 7) is 3.34. The molecule has 1 aromatic carbocycles. The zero-order valence-corrected chi connectivity index (χ0v) is 12.8. The molecule has 0 unspecified atom stereocenters. The SMILES string of the molecule is C[C@H](CBr)[C@@H]1CCCN1C(=O)OCc1ccccc1. The van der Waals surface area contributed by atoms with E-state index in [9.17, 15) is 4.79 Å². The second-order valence-corrected chi connectivity index (χ2v) is 5.72. The predicted molar refractivity (Wildman–Crippen MR) is 79.3 cm³/mol. The van der Waals surface area contributed by atoms with E-state index in [0.29, 0.717) is 18.6 Å². The van der Waals surface area contributed by atoms with Crippen molar-refractivity contribution in [1.29, 1.82) is 0 Å². The first-order valence-electron chi connectivity index (χ1n) is 6.75. The van der Waals surface area contributed by atoms with Gasteiger partial charge in [-0.25, -0.2) is 4.79 Å². The average Bonchev–Trinajstić information content (AvgIpc) is 2.94. The van der Waals surface area contributed by atoms with Crippen molar-refractivity contribution in [2.75, 3.05) is 11.9 Å². The van der Waals surface area contributed by atoms with Crippen LogP contribution < -0.4 is 0 Å². The van der Waals surface area contributed by atoms with Gasteiger partial charge in [-0.3, -0.25) is 0 Å². The number of ether oxygens (including phenoxy) is 1. The zero-order valence-electron chi connectivity index (χ0n) is 11.2. The van der Waals surface area contributed by atoms with Gasteiger partial charge in [-0.05, 0) is 24.3 Å². The number of halogens is 1. The van der Waals surface area contributed by atoms with Gasteiger partial charge in [0, 0.05) is 17.9 Å². The van der Waals surface area contributed by atoms with E-state index in [4.69, 9.17) is 4.74 Å². The first-order chi connectivity index (χ1) is 9.22. The summed E-state index contributed by atoms with van der Waals surface area (Å²) in [6, 6.07) is 10.1. The third-order valence-electron chi connectivity index (χ3n) is 3.64. The maximum Gasteiger partial charge on any atom is 0.410 e. The predicted octanol–water partition coefficient (Wildman–Crippen LogP) is 3.82. The molecule has 1 saturated heterocycles. The van der Waals surface area contributed by atoms with Crippen molar-refractivity contribution in [2.45, 2.75) is 32.4 Å². The van der Waals surface area contributed by atoms with Crippen LogP contribution in [0.1, 0.15) is 25.3 Å². The molecule has 1 aliphatic rings. The molecule has 104 valence electrons. The van der Waals surface area contributed by atoms with E-state index in [2.05, 4.69) is 22.9 Å². The van der Waals surface area contributed by atoms with E-state index in [-0.39, 0.29) is 6.09 Å². The van der Waals surface area contributed by atoms with Gasteiger partial charge in [-0.15, -0.1) is 0 Å². The topological polar surface area (TPSA) is 29.5 Å². The Labute approximate surface area is 123 Å². The molecule has 3 nitrogen and oxygen atoms in total. The van der Waals surface area contributed by atoms with E-state index in [1.54, 1.807) is 0 Å². The molecule has 2 atom stereocenters. The maximum atomic E-state index is 12.1. The highest BCUT2D eigenvalue weighted by Crippen LogP contribution is 2.26. The van der Waals surface area contributed by atoms with Gasteiger partial charge in [-0.1, -0.05) is 53.2 Å². The minimum absolute atomic E-state index is 0.181. The van der Waals surface area contributed by atoms with Crippen LogP contribution in [0.2, 0.25) is 0 Å². The number of likely N-dealkylation sites (tertiary alicyclic amines) is 1. The van der Waals surface area contributed by atoms with E-state index in [1.807, 2.05) is 35.2 Å². The normalized spacial score (nSPS) is 20.3. The van der Waals surface area contributed by atoms with Crippen LogP contribution in [-0.4, -0.2) is 28.9 Å². The fourth-order valence-electron chi connectivity index (χ4n) is 2.52. The molecule has 1 heterocycles. The molecular weight excluding hydrogens is 306 g/mol. The van der Waals surface area contributed by atoms with Crippen LogP contribution in [0.5, 0.6) is 0 Å². The van der Waals surface area contributed by atoms with Gasteiger partial charge in [-0.2, -0.15) is 0 Å². The van der Waals surface area contributed by atoms with Gasteiger partial charge in [0.1, 0.15) is 6.61 Å². The maximum absolute atomic E-state index is 12.1. The molecule has 0 N–H and O–H groups in total. The molecule has 4 heteroatoms. The minimum Gasteiger partial charge on any atom is -0.445 e. The minimum atomic E-state index is -0.181. The summed E-state index contributed by atoms with van der Waals surface area (Å²) in [5, 5.41) is 0.917. The summed E-state index contributed by atoms with van der Waals surface area (Å²) < 4.78 is 5.41. The van der Waals surface area contributed by atoms with Crippen LogP contribution in [0.15, 0.2) is 30.3 Å². The molecule has 1 fully saturated rings. The summed E-state index contributed by atoms with van der Waals surface area (Å²) in [7, 11) is 0. The Kier molecular flexibility index (Phi) is 5.25. The summed E-state index contributed by atoms with van der Waals surface area (Å²) in [4.78, 5) is 14.0. The van der Waals surface area contributed by atoms with Crippen molar-refractivity contribution in [3.8, 4) is 0 Å². The molecular formula is C15H20BrNO2. The summed E-state index contributed by atoms with van der Waals surface area (Å²) in [5.74, 6) is 0.465. The smallest absolute Gasteiger partial charge is 0.410 e. The lowest BCUT2D eigenvalue weighted by Gasteiger charge is -2.27. The zero-order chi connectivity index (χ0) is 13.7. The third kappa shape index (κ3) is 3.72. The number of amides is 1. The number of hydrogen-bond donors (Lipinski definition) is 0. The average molecular weight is 326 g/mol. The summed E-state index contributed by atoms with van der Waals surface area (Å²) in [5.41, 5.74) is 1.03. The number of benzene rings is 1. The largest absolute Gasteiger partial charge is 0.445 e. The fraction of sp³-hybridized carbons (Fsp3) is 0.533. The standard InChI is InChI=1S/C15H20BrNO2/c1-12(10-16)14-8-5-9-17(14)15(18)19-11-13-6-3-2-4-7-13/h2-4,6-7,12,14H,5,8-11H2,1H3/t12-,14+/m1/s1. The Hall–Kier alpha value is -1.03. The molecule has 1 amide bonds. The molecule has 1 aromatic rings. The first-order valence-corrected chi connectivity index (χ1v) is 7.88. The van der Waals surface area contributed by atoms with E-state index in [0.717, 1.165) is 30.3 Å². The number of rotatable bonds is 4. The molecule has 2 rings (SSSR count). The Morgan fingerprint density at radius 2 is 2.21 bits per heavy atom. The molecule has 0 aromatic heterocycles. The Morgan fingerprint density at radius 3 is 2.89 bits per heavy atom. The van der Waals surface area contributed by atoms with Crippen molar-refractivity contribution in [3.63, 3.8) is 0 Å². The van der Waals surface area contributed by atoms with Gasteiger partial charge < -0.3 is 9.64 Å². The van der Waals surface area contributed by atoms with E-state index < -0.39 is 0 Å². The van der Waals surface area contributed by atoms with Crippen molar-refractivity contribution < 1.29 is 9.53 Å². The molecule has 0 spiro atoms. The second-order valence-electron chi connectivity index (χ2n) is 5.07. The highest BCUT2D eigenvalue weighted by atomic mass is 79.9. The lowest BCUT2D eigenvalue weighted by molar-refractivity contribution is 0.0853. The molecule has 1 aliphatic heterocycles. The molecule has 0 bridgehead atoms. The van der Waals surface area contributed by atoms with E-state index in [1.165, 1.54) is 0 Å². The van der Waals surface area contributed by atoms with Crippen LogP contribution in [0.25, 0.3) is 0 Å². The number of hydrogen-bond acceptors (Lipinski definition) is 2. The Balaban J connectivity index is 1.89. The van der Waals surface area contributed by atoms with Crippen LogP contribution >= 0.6 is 15.9 Å². The van der Waals surface area contributed by atoms with Crippen LogP contribution in [0.3, 0.4) is 0 Å². The van der Waals surface area contributed by atoms with E-state index >= 15 is 0 Å². The monoisotopic (exact) mass is 325 g/mol. The van der Waals surface area contributed by atoms with Gasteiger partial charge in [0.2, 0.25) is 0 Å². The number of nitrogens with zero attached hydrogens (tertiary/aromatic N) is 1. The lowest BCUT2D eigenvalue weighted by atomic mass is 10.0. The third-order valence-corrected chi connectivity index (χ3v) is 4.66. The van der Waals surface area contributed by atoms with Gasteiger partial charge in [0.25, 0.3) is 0 Å². The molecule has 0 radical (unpaired) electrons. The lowest BCUT2D eigenvalue weighted by Crippen LogP contribution is -2.40. The van der Waals surface area contributed by atoms with Crippen LogP contribution in [0, 0.1) is 5.92 Å². The van der Waals surface area contributed by atoms with Gasteiger partial charge in [0.05, 0.1) is 0 Å². The highest BCUT2D eigenvalue weighted by Gasteiger charge is 2.33. The Bertz CT molecular complexity index is 410. The molecule has 19 heavy (non-hydrogen) atoms. The summed E-state index contributed by atoms with van der Waals surface area (Å²) >= 11 is 3.50. The van der Waals surface area contributed by atoms with Gasteiger partial charge >= 0.3 is 6.09 Å². The van der Waals surface area contributed by atoms with Gasteiger partial charge in [0.15, 0.2) is 0 Å². The Morgan fingerprint density at radius 1 is 1.47 bits per heavy atom. The summed E-state index contributed by atoms with van der Waals surface area (Å²) in [6.07, 6.45) is 1.97. The van der Waals surface area contributed by atoms with Crippen LogP contribution in [0.4, 0.5) is 4.79 Å². The number of carbonyl (C=O) groups excluding carboxylic acids is 1. The van der Waals surface area contributed by atoms with Crippen molar-refractivity contribution >= 4 is 22.0 Å². The number of alkyl halides is 1. The van der Waals surface area contributed by atoms with Crippen LogP contribution in [-0.2, 0) is 11.3 Å². The fourth-order valence-corrected chi connectivity index (χ4v) is 2.95. The van der Waals surface area contributed by atoms with Crippen molar-refractivity contribution in [3.05, 3.63) is 35.9 Å². The van der Waals surface area contributed by atoms with Crippen molar-refractivity contribution in [1.82, 2.24) is 4.90 Å². The quantitative estimate of drug-likeness (QED) is 0.787. The second kappa shape index (κ2) is 6.94. The first kappa shape index (κ1) is 14.4.